The minimum atomic E-state index is -0.464. The van der Waals surface area contributed by atoms with Crippen molar-refractivity contribution in [3.63, 3.8) is 0 Å². The van der Waals surface area contributed by atoms with Gasteiger partial charge in [-0.25, -0.2) is 0 Å². The summed E-state index contributed by atoms with van der Waals surface area (Å²) in [6.45, 7) is 1.50. The van der Waals surface area contributed by atoms with Crippen LogP contribution in [0.1, 0.15) is 26.3 Å². The van der Waals surface area contributed by atoms with Crippen molar-refractivity contribution in [1.82, 2.24) is 20.3 Å². The van der Waals surface area contributed by atoms with E-state index in [0.717, 1.165) is 10.5 Å². The van der Waals surface area contributed by atoms with E-state index in [1.54, 1.807) is 36.4 Å². The molecule has 1 aliphatic heterocycles. The third-order valence-electron chi connectivity index (χ3n) is 4.03. The van der Waals surface area contributed by atoms with E-state index in [4.69, 9.17) is 0 Å². The van der Waals surface area contributed by atoms with Gasteiger partial charge in [0.2, 0.25) is 5.91 Å². The molecular formula is C17H13N5O3. The fourth-order valence-electron chi connectivity index (χ4n) is 2.81. The predicted molar refractivity (Wildman–Crippen MR) is 89.1 cm³/mol. The third kappa shape index (κ3) is 2.53. The molecule has 4 rings (SSSR count). The van der Waals surface area contributed by atoms with Gasteiger partial charge in [0.05, 0.1) is 11.1 Å². The Morgan fingerprint density at radius 3 is 2.64 bits per heavy atom. The lowest BCUT2D eigenvalue weighted by atomic mass is 10.1. The first-order valence-electron chi connectivity index (χ1n) is 7.60. The van der Waals surface area contributed by atoms with Gasteiger partial charge in [0, 0.05) is 5.69 Å². The maximum Gasteiger partial charge on any atom is 0.262 e. The largest absolute Gasteiger partial charge is 0.324 e. The van der Waals surface area contributed by atoms with Crippen LogP contribution in [0.15, 0.2) is 36.4 Å². The van der Waals surface area contributed by atoms with E-state index in [-0.39, 0.29) is 6.54 Å². The molecule has 0 atom stereocenters. The standard InChI is InChI=1S/C17H13N5O3/c1-9-2-4-11-12(6-9)17(25)22(16(11)24)8-15(23)18-10-3-5-13-14(7-10)20-21-19-13/h2-7H,8H2,1H3,(H,18,23)(H,19,20,21). The minimum absolute atomic E-state index is 0.326. The van der Waals surface area contributed by atoms with E-state index in [1.807, 2.05) is 6.92 Å². The van der Waals surface area contributed by atoms with Crippen LogP contribution in [0.4, 0.5) is 5.69 Å². The Bertz CT molecular complexity index is 1040. The fraction of sp³-hybridized carbons (Fsp3) is 0.118. The number of benzene rings is 2. The third-order valence-corrected chi connectivity index (χ3v) is 4.03. The summed E-state index contributed by atoms with van der Waals surface area (Å²) in [5.41, 5.74) is 3.34. The number of aromatic amines is 1. The van der Waals surface area contributed by atoms with Crippen molar-refractivity contribution in [2.45, 2.75) is 6.92 Å². The highest BCUT2D eigenvalue weighted by Crippen LogP contribution is 2.24. The van der Waals surface area contributed by atoms with Gasteiger partial charge in [0.25, 0.3) is 11.8 Å². The average molecular weight is 335 g/mol. The summed E-state index contributed by atoms with van der Waals surface area (Å²) in [4.78, 5) is 37.9. The van der Waals surface area contributed by atoms with Gasteiger partial charge in [-0.1, -0.05) is 11.6 Å². The van der Waals surface area contributed by atoms with Crippen LogP contribution in [0, 0.1) is 6.92 Å². The zero-order valence-corrected chi connectivity index (χ0v) is 13.2. The van der Waals surface area contributed by atoms with Crippen LogP contribution < -0.4 is 5.32 Å². The number of hydrogen-bond acceptors (Lipinski definition) is 5. The Kier molecular flexibility index (Phi) is 3.31. The van der Waals surface area contributed by atoms with Crippen molar-refractivity contribution >= 4 is 34.4 Å². The number of hydrogen-bond donors (Lipinski definition) is 2. The number of nitrogens with zero attached hydrogens (tertiary/aromatic N) is 3. The lowest BCUT2D eigenvalue weighted by Crippen LogP contribution is -2.37. The first kappa shape index (κ1) is 15.0. The molecule has 8 nitrogen and oxygen atoms in total. The number of aryl methyl sites for hydroxylation is 1. The molecule has 0 saturated heterocycles. The van der Waals surface area contributed by atoms with E-state index in [9.17, 15) is 14.4 Å². The molecule has 2 heterocycles. The Labute approximate surface area is 141 Å². The van der Waals surface area contributed by atoms with Crippen molar-refractivity contribution in [2.24, 2.45) is 0 Å². The first-order valence-corrected chi connectivity index (χ1v) is 7.60. The van der Waals surface area contributed by atoms with E-state index >= 15 is 0 Å². The summed E-state index contributed by atoms with van der Waals surface area (Å²) in [6, 6.07) is 10.1. The Balaban J connectivity index is 1.51. The number of carbonyl (C=O) groups excluding carboxylic acids is 3. The molecule has 124 valence electrons. The molecule has 0 aliphatic carbocycles. The van der Waals surface area contributed by atoms with Crippen molar-refractivity contribution in [3.8, 4) is 0 Å². The van der Waals surface area contributed by atoms with Crippen molar-refractivity contribution in [1.29, 1.82) is 0 Å². The summed E-state index contributed by atoms with van der Waals surface area (Å²) >= 11 is 0. The Morgan fingerprint density at radius 2 is 1.80 bits per heavy atom. The molecule has 1 aromatic heterocycles. The quantitative estimate of drug-likeness (QED) is 0.705. The van der Waals surface area contributed by atoms with Crippen molar-refractivity contribution < 1.29 is 14.4 Å². The fourth-order valence-corrected chi connectivity index (χ4v) is 2.81. The van der Waals surface area contributed by atoms with E-state index in [2.05, 4.69) is 20.7 Å². The summed E-state index contributed by atoms with van der Waals surface area (Å²) in [7, 11) is 0. The van der Waals surface area contributed by atoms with Crippen LogP contribution >= 0.6 is 0 Å². The van der Waals surface area contributed by atoms with Crippen molar-refractivity contribution in [3.05, 3.63) is 53.1 Å². The van der Waals surface area contributed by atoms with Crippen LogP contribution in [0.2, 0.25) is 0 Å². The molecular weight excluding hydrogens is 322 g/mol. The summed E-state index contributed by atoms with van der Waals surface area (Å²) < 4.78 is 0. The minimum Gasteiger partial charge on any atom is -0.324 e. The first-order chi connectivity index (χ1) is 12.0. The average Bonchev–Trinajstić information content (AvgIpc) is 3.13. The monoisotopic (exact) mass is 335 g/mol. The van der Waals surface area contributed by atoms with Gasteiger partial charge < -0.3 is 5.32 Å². The molecule has 0 spiro atoms. The number of rotatable bonds is 3. The SMILES string of the molecule is Cc1ccc2c(c1)C(=O)N(CC(=O)Nc1ccc3n[nH]nc3c1)C2=O. The number of nitrogens with one attached hydrogen (secondary N) is 2. The lowest BCUT2D eigenvalue weighted by Gasteiger charge is -2.13. The Hall–Kier alpha value is -3.55. The number of H-pyrrole nitrogens is 1. The maximum atomic E-state index is 12.4. The molecule has 0 radical (unpaired) electrons. The molecule has 8 heteroatoms. The molecule has 3 aromatic rings. The van der Waals surface area contributed by atoms with Crippen LogP contribution in [0.25, 0.3) is 11.0 Å². The highest BCUT2D eigenvalue weighted by Gasteiger charge is 2.36. The summed E-state index contributed by atoms with van der Waals surface area (Å²) in [5.74, 6) is -1.37. The topological polar surface area (TPSA) is 108 Å². The second-order valence-corrected chi connectivity index (χ2v) is 5.82. The number of carbonyl (C=O) groups is 3. The predicted octanol–water partition coefficient (Wildman–Crippen LogP) is 1.50. The molecule has 25 heavy (non-hydrogen) atoms. The molecule has 1 aliphatic rings. The van der Waals surface area contributed by atoms with Gasteiger partial charge in [-0.05, 0) is 37.3 Å². The van der Waals surface area contributed by atoms with Crippen LogP contribution in [0.5, 0.6) is 0 Å². The van der Waals surface area contributed by atoms with Gasteiger partial charge in [-0.15, -0.1) is 0 Å². The molecule has 3 amide bonds. The lowest BCUT2D eigenvalue weighted by molar-refractivity contribution is -0.116. The van der Waals surface area contributed by atoms with Crippen LogP contribution in [-0.2, 0) is 4.79 Å². The molecule has 0 unspecified atom stereocenters. The van der Waals surface area contributed by atoms with E-state index < -0.39 is 17.7 Å². The van der Waals surface area contributed by atoms with Crippen molar-refractivity contribution in [2.75, 3.05) is 11.9 Å². The highest BCUT2D eigenvalue weighted by molar-refractivity contribution is 6.22. The maximum absolute atomic E-state index is 12.4. The second-order valence-electron chi connectivity index (χ2n) is 5.82. The number of anilines is 1. The van der Waals surface area contributed by atoms with Gasteiger partial charge in [-0.3, -0.25) is 19.3 Å². The smallest absolute Gasteiger partial charge is 0.262 e. The zero-order valence-electron chi connectivity index (χ0n) is 13.2. The summed E-state index contributed by atoms with van der Waals surface area (Å²) in [5, 5.41) is 13.0. The second kappa shape index (κ2) is 5.52. The molecule has 0 fully saturated rings. The van der Waals surface area contributed by atoms with E-state index in [0.29, 0.717) is 27.8 Å². The molecule has 2 aromatic carbocycles. The van der Waals surface area contributed by atoms with Gasteiger partial charge in [0.15, 0.2) is 0 Å². The number of amides is 3. The molecule has 0 saturated carbocycles. The van der Waals surface area contributed by atoms with Crippen LogP contribution in [-0.4, -0.2) is 44.6 Å². The summed E-state index contributed by atoms with van der Waals surface area (Å²) in [6.07, 6.45) is 0. The Morgan fingerprint density at radius 1 is 1.04 bits per heavy atom. The number of imide groups is 1. The zero-order chi connectivity index (χ0) is 17.6. The normalized spacial score (nSPS) is 13.4. The van der Waals surface area contributed by atoms with Gasteiger partial charge in [0.1, 0.15) is 17.6 Å². The highest BCUT2D eigenvalue weighted by atomic mass is 16.2. The molecule has 0 bridgehead atoms. The van der Waals surface area contributed by atoms with Gasteiger partial charge >= 0.3 is 0 Å². The van der Waals surface area contributed by atoms with E-state index in [1.165, 1.54) is 0 Å². The number of fused-ring (bicyclic) bond motifs is 2. The van der Waals surface area contributed by atoms with Crippen LogP contribution in [0.3, 0.4) is 0 Å². The number of aromatic nitrogens is 3. The molecule has 2 N–H and O–H groups in total. The van der Waals surface area contributed by atoms with Gasteiger partial charge in [-0.2, -0.15) is 15.4 Å².